The quantitative estimate of drug-likeness (QED) is 0.364. The highest BCUT2D eigenvalue weighted by Gasteiger charge is 2.19. The highest BCUT2D eigenvalue weighted by molar-refractivity contribution is 7.90. The molecule has 0 radical (unpaired) electrons. The average Bonchev–Trinajstić information content (AvgIpc) is 2.28. The number of carbonyl (C=O) groups is 1. The Morgan fingerprint density at radius 3 is 2.71 bits per heavy atom. The molecule has 1 aromatic rings. The van der Waals surface area contributed by atoms with Crippen LogP contribution >= 0.6 is 11.6 Å². The highest BCUT2D eigenvalue weighted by atomic mass is 35.5. The van der Waals surface area contributed by atoms with Crippen LogP contribution in [0.3, 0.4) is 0 Å². The van der Waals surface area contributed by atoms with Crippen LogP contribution in [0.2, 0.25) is 5.02 Å². The van der Waals surface area contributed by atoms with Crippen molar-refractivity contribution < 1.29 is 17.9 Å². The van der Waals surface area contributed by atoms with E-state index in [0.29, 0.717) is 0 Å². The number of hydrogen-bond donors (Lipinski definition) is 0. The fourth-order valence-corrected chi connectivity index (χ4v) is 2.22. The molecule has 7 nitrogen and oxygen atoms in total. The largest absolute Gasteiger partial charge is 0.465 e. The number of methoxy groups -OCH3 is 1. The smallest absolute Gasteiger partial charge is 0.337 e. The van der Waals surface area contributed by atoms with E-state index in [2.05, 4.69) is 14.2 Å². The maximum absolute atomic E-state index is 11.5. The van der Waals surface area contributed by atoms with E-state index < -0.39 is 20.9 Å². The Morgan fingerprint density at radius 2 is 2.18 bits per heavy atom. The van der Waals surface area contributed by atoms with Crippen LogP contribution in [0.15, 0.2) is 27.6 Å². The molecule has 0 N–H and O–H groups in total. The molecule has 1 aromatic carbocycles. The predicted octanol–water partition coefficient (Wildman–Crippen LogP) is 2.13. The second-order valence-electron chi connectivity index (χ2n) is 2.78. The lowest BCUT2D eigenvalue weighted by atomic mass is 10.2. The predicted molar refractivity (Wildman–Crippen MR) is 59.1 cm³/mol. The summed E-state index contributed by atoms with van der Waals surface area (Å²) in [6.45, 7) is 0. The van der Waals surface area contributed by atoms with Gasteiger partial charge in [-0.25, -0.2) is 13.2 Å². The zero-order chi connectivity index (χ0) is 13.1. The van der Waals surface area contributed by atoms with Crippen LogP contribution in [0.1, 0.15) is 10.4 Å². The Morgan fingerprint density at radius 1 is 1.53 bits per heavy atom. The van der Waals surface area contributed by atoms with Crippen LogP contribution in [0.25, 0.3) is 10.4 Å². The number of rotatable bonds is 3. The molecule has 90 valence electrons. The Bertz CT molecular complexity index is 607. The molecule has 0 aliphatic rings. The van der Waals surface area contributed by atoms with Crippen molar-refractivity contribution in [2.24, 2.45) is 4.52 Å². The van der Waals surface area contributed by atoms with Gasteiger partial charge in [0.05, 0.1) is 22.6 Å². The summed E-state index contributed by atoms with van der Waals surface area (Å²) in [5.41, 5.74) is 8.11. The molecular formula is C8H6ClN3O4S. The second kappa shape index (κ2) is 5.05. The third kappa shape index (κ3) is 2.88. The van der Waals surface area contributed by atoms with E-state index in [1.807, 2.05) is 0 Å². The van der Waals surface area contributed by atoms with E-state index >= 15 is 0 Å². The molecule has 0 saturated heterocycles. The van der Waals surface area contributed by atoms with Crippen molar-refractivity contribution in [1.29, 1.82) is 0 Å². The van der Waals surface area contributed by atoms with Gasteiger partial charge in [0.1, 0.15) is 0 Å². The van der Waals surface area contributed by atoms with E-state index in [9.17, 15) is 13.2 Å². The Hall–Kier alpha value is -1.76. The number of sulfonamides is 1. The van der Waals surface area contributed by atoms with Crippen molar-refractivity contribution in [2.75, 3.05) is 7.11 Å². The molecule has 0 heterocycles. The number of hydrogen-bond acceptors (Lipinski definition) is 4. The van der Waals surface area contributed by atoms with Gasteiger partial charge in [-0.05, 0) is 23.7 Å². The monoisotopic (exact) mass is 275 g/mol. The lowest BCUT2D eigenvalue weighted by Gasteiger charge is -2.04. The summed E-state index contributed by atoms with van der Waals surface area (Å²) in [7, 11) is -3.09. The molecule has 0 aliphatic heterocycles. The fraction of sp³-hybridized carbons (Fsp3) is 0.125. The van der Waals surface area contributed by atoms with Gasteiger partial charge in [-0.2, -0.15) is 0 Å². The van der Waals surface area contributed by atoms with Gasteiger partial charge in [-0.1, -0.05) is 11.6 Å². The molecule has 0 aliphatic carbocycles. The van der Waals surface area contributed by atoms with E-state index in [1.54, 1.807) is 0 Å². The molecule has 0 atom stereocenters. The van der Waals surface area contributed by atoms with Crippen LogP contribution in [0, 0.1) is 0 Å². The maximum atomic E-state index is 11.5. The van der Waals surface area contributed by atoms with Crippen molar-refractivity contribution >= 4 is 27.6 Å². The summed E-state index contributed by atoms with van der Waals surface area (Å²) in [4.78, 5) is 12.9. The minimum absolute atomic E-state index is 0.0105. The first-order valence-corrected chi connectivity index (χ1v) is 5.93. The van der Waals surface area contributed by atoms with Crippen molar-refractivity contribution in [3.8, 4) is 0 Å². The number of benzene rings is 1. The number of ether oxygens (including phenoxy) is 1. The summed E-state index contributed by atoms with van der Waals surface area (Å²) in [5, 5.41) is -0.148. The molecular weight excluding hydrogens is 270 g/mol. The molecule has 1 rings (SSSR count). The molecule has 0 saturated carbocycles. The molecule has 9 heteroatoms. The first-order chi connectivity index (χ1) is 7.92. The van der Waals surface area contributed by atoms with Crippen molar-refractivity contribution in [2.45, 2.75) is 4.90 Å². The summed E-state index contributed by atoms with van der Waals surface area (Å²) in [6.07, 6.45) is 0. The molecule has 0 bridgehead atoms. The molecule has 0 fully saturated rings. The zero-order valence-electron chi connectivity index (χ0n) is 8.49. The lowest BCUT2D eigenvalue weighted by molar-refractivity contribution is 0.0600. The number of halogens is 1. The van der Waals surface area contributed by atoms with Crippen LogP contribution in [0.5, 0.6) is 0 Å². The van der Waals surface area contributed by atoms with Gasteiger partial charge in [0.15, 0.2) is 0 Å². The van der Waals surface area contributed by atoms with E-state index in [4.69, 9.17) is 17.1 Å². The number of esters is 1. The van der Waals surface area contributed by atoms with E-state index in [-0.39, 0.29) is 10.6 Å². The number of carbonyl (C=O) groups excluding carboxylic acids is 1. The third-order valence-corrected chi connectivity index (χ3v) is 3.40. The van der Waals surface area contributed by atoms with Gasteiger partial charge < -0.3 is 4.74 Å². The van der Waals surface area contributed by atoms with Crippen molar-refractivity contribution in [1.82, 2.24) is 0 Å². The van der Waals surface area contributed by atoms with Crippen LogP contribution in [-0.4, -0.2) is 21.5 Å². The van der Waals surface area contributed by atoms with Gasteiger partial charge in [0, 0.05) is 9.43 Å². The van der Waals surface area contributed by atoms with Crippen LogP contribution in [0.4, 0.5) is 0 Å². The minimum atomic E-state index is -4.24. The summed E-state index contributed by atoms with van der Waals surface area (Å²) in [6, 6.07) is 3.48. The lowest BCUT2D eigenvalue weighted by Crippen LogP contribution is -2.04. The highest BCUT2D eigenvalue weighted by Crippen LogP contribution is 2.24. The van der Waals surface area contributed by atoms with E-state index in [1.165, 1.54) is 12.1 Å². The van der Waals surface area contributed by atoms with Crippen molar-refractivity contribution in [3.63, 3.8) is 0 Å². The standard InChI is InChI=1S/C8H6ClN3O4S/c1-16-8(13)5-2-3-6(9)7(4-5)17(14,15)12-11-10/h2-4H,1H3. The normalized spacial score (nSPS) is 10.5. The molecule has 0 unspecified atom stereocenters. The van der Waals surface area contributed by atoms with E-state index in [0.717, 1.165) is 13.2 Å². The van der Waals surface area contributed by atoms with Gasteiger partial charge in [0.2, 0.25) is 0 Å². The Kier molecular flexibility index (Phi) is 3.95. The number of azide groups is 1. The third-order valence-electron chi connectivity index (χ3n) is 1.77. The minimum Gasteiger partial charge on any atom is -0.465 e. The first-order valence-electron chi connectivity index (χ1n) is 4.11. The molecule has 0 amide bonds. The van der Waals surface area contributed by atoms with Gasteiger partial charge >= 0.3 is 5.97 Å². The van der Waals surface area contributed by atoms with Gasteiger partial charge in [0.25, 0.3) is 10.0 Å². The zero-order valence-corrected chi connectivity index (χ0v) is 10.1. The first kappa shape index (κ1) is 13.3. The summed E-state index contributed by atoms with van der Waals surface area (Å²) in [5.74, 6) is -0.723. The molecule has 17 heavy (non-hydrogen) atoms. The van der Waals surface area contributed by atoms with Crippen LogP contribution < -0.4 is 0 Å². The molecule has 0 spiro atoms. The summed E-state index contributed by atoms with van der Waals surface area (Å²) >= 11 is 5.65. The van der Waals surface area contributed by atoms with Gasteiger partial charge in [-0.15, -0.1) is 0 Å². The van der Waals surface area contributed by atoms with Crippen molar-refractivity contribution in [3.05, 3.63) is 39.2 Å². The SMILES string of the molecule is COC(=O)c1ccc(Cl)c(S(=O)(=O)N=[N+]=[N-])c1. The number of nitrogens with zero attached hydrogens (tertiary/aromatic N) is 3. The average molecular weight is 276 g/mol. The Labute approximate surface area is 102 Å². The van der Waals surface area contributed by atoms with Gasteiger partial charge in [-0.3, -0.25) is 0 Å². The Balaban J connectivity index is 3.44. The topological polar surface area (TPSA) is 109 Å². The van der Waals surface area contributed by atoms with Crippen LogP contribution in [-0.2, 0) is 14.8 Å². The fourth-order valence-electron chi connectivity index (χ4n) is 1.04. The molecule has 0 aromatic heterocycles. The summed E-state index contributed by atoms with van der Waals surface area (Å²) < 4.78 is 30.0. The second-order valence-corrected chi connectivity index (χ2v) is 4.74. The maximum Gasteiger partial charge on any atom is 0.337 e.